The SMILES string of the molecule is CCN(C/C=C\Cl)Cc1cccc(O)c1. The first-order valence-corrected chi connectivity index (χ1v) is 5.45. The lowest BCUT2D eigenvalue weighted by molar-refractivity contribution is 0.310. The van der Waals surface area contributed by atoms with Crippen molar-refractivity contribution in [1.82, 2.24) is 4.90 Å². The summed E-state index contributed by atoms with van der Waals surface area (Å²) in [6.45, 7) is 4.71. The lowest BCUT2D eigenvalue weighted by Crippen LogP contribution is -2.22. The lowest BCUT2D eigenvalue weighted by atomic mass is 10.2. The van der Waals surface area contributed by atoms with Crippen molar-refractivity contribution < 1.29 is 5.11 Å². The van der Waals surface area contributed by atoms with Gasteiger partial charge in [0.1, 0.15) is 5.75 Å². The number of phenolic OH excluding ortho intramolecular Hbond substituents is 1. The van der Waals surface area contributed by atoms with Gasteiger partial charge in [-0.05, 0) is 24.2 Å². The molecule has 3 heteroatoms. The highest BCUT2D eigenvalue weighted by Gasteiger charge is 2.01. The van der Waals surface area contributed by atoms with E-state index >= 15 is 0 Å². The number of rotatable bonds is 5. The first kappa shape index (κ1) is 12.1. The van der Waals surface area contributed by atoms with Crippen LogP contribution in [0.25, 0.3) is 0 Å². The van der Waals surface area contributed by atoms with Crippen molar-refractivity contribution >= 4 is 11.6 Å². The predicted octanol–water partition coefficient (Wildman–Crippen LogP) is 2.97. The van der Waals surface area contributed by atoms with Gasteiger partial charge in [0, 0.05) is 18.6 Å². The third-order valence-electron chi connectivity index (χ3n) is 2.22. The van der Waals surface area contributed by atoms with Crippen molar-refractivity contribution in [2.75, 3.05) is 13.1 Å². The fourth-order valence-corrected chi connectivity index (χ4v) is 1.49. The summed E-state index contributed by atoms with van der Waals surface area (Å²) in [6, 6.07) is 7.33. The Kier molecular flexibility index (Phi) is 5.22. The molecular formula is C12H16ClNO. The van der Waals surface area contributed by atoms with Gasteiger partial charge in [-0.1, -0.05) is 36.7 Å². The highest BCUT2D eigenvalue weighted by molar-refractivity contribution is 6.25. The Morgan fingerprint density at radius 1 is 1.47 bits per heavy atom. The average molecular weight is 226 g/mol. The van der Waals surface area contributed by atoms with E-state index in [4.69, 9.17) is 11.6 Å². The Bertz CT molecular complexity index is 325. The fraction of sp³-hybridized carbons (Fsp3) is 0.333. The lowest BCUT2D eigenvalue weighted by Gasteiger charge is -2.18. The Hall–Kier alpha value is -0.990. The van der Waals surface area contributed by atoms with Gasteiger partial charge in [-0.3, -0.25) is 4.90 Å². The highest BCUT2D eigenvalue weighted by atomic mass is 35.5. The van der Waals surface area contributed by atoms with Gasteiger partial charge in [-0.25, -0.2) is 0 Å². The van der Waals surface area contributed by atoms with Crippen LogP contribution in [-0.4, -0.2) is 23.1 Å². The van der Waals surface area contributed by atoms with Gasteiger partial charge in [0.05, 0.1) is 0 Å². The summed E-state index contributed by atoms with van der Waals surface area (Å²) in [6.07, 6.45) is 1.91. The van der Waals surface area contributed by atoms with Crippen molar-refractivity contribution in [2.45, 2.75) is 13.5 Å². The van der Waals surface area contributed by atoms with Crippen LogP contribution in [0.2, 0.25) is 0 Å². The molecule has 0 radical (unpaired) electrons. The van der Waals surface area contributed by atoms with Crippen LogP contribution in [-0.2, 0) is 6.54 Å². The van der Waals surface area contributed by atoms with Crippen LogP contribution < -0.4 is 0 Å². The molecule has 1 aromatic rings. The summed E-state index contributed by atoms with van der Waals surface area (Å²) >= 11 is 5.48. The van der Waals surface area contributed by atoms with Gasteiger partial charge in [0.25, 0.3) is 0 Å². The van der Waals surface area contributed by atoms with E-state index in [9.17, 15) is 5.11 Å². The van der Waals surface area contributed by atoms with Crippen molar-refractivity contribution in [3.05, 3.63) is 41.4 Å². The van der Waals surface area contributed by atoms with E-state index in [1.165, 1.54) is 5.54 Å². The van der Waals surface area contributed by atoms with E-state index < -0.39 is 0 Å². The minimum atomic E-state index is 0.316. The molecule has 0 atom stereocenters. The van der Waals surface area contributed by atoms with E-state index in [1.807, 2.05) is 18.2 Å². The molecule has 0 aliphatic heterocycles. The smallest absolute Gasteiger partial charge is 0.115 e. The molecular weight excluding hydrogens is 210 g/mol. The van der Waals surface area contributed by atoms with Gasteiger partial charge in [-0.2, -0.15) is 0 Å². The first-order chi connectivity index (χ1) is 7.26. The summed E-state index contributed by atoms with van der Waals surface area (Å²) in [4.78, 5) is 2.23. The second kappa shape index (κ2) is 6.49. The standard InChI is InChI=1S/C12H16ClNO/c1-2-14(8-4-7-13)10-11-5-3-6-12(15)9-11/h3-7,9,15H,2,8,10H2,1H3/b7-4-. The number of nitrogens with zero attached hydrogens (tertiary/aromatic N) is 1. The van der Waals surface area contributed by atoms with E-state index in [-0.39, 0.29) is 0 Å². The van der Waals surface area contributed by atoms with E-state index in [1.54, 1.807) is 12.1 Å². The van der Waals surface area contributed by atoms with Crippen LogP contribution in [0.5, 0.6) is 5.75 Å². The third kappa shape index (κ3) is 4.36. The molecule has 0 aromatic heterocycles. The molecule has 0 fully saturated rings. The largest absolute Gasteiger partial charge is 0.508 e. The minimum Gasteiger partial charge on any atom is -0.508 e. The van der Waals surface area contributed by atoms with E-state index in [2.05, 4.69) is 11.8 Å². The molecule has 15 heavy (non-hydrogen) atoms. The van der Waals surface area contributed by atoms with Crippen LogP contribution in [0.4, 0.5) is 0 Å². The second-order valence-electron chi connectivity index (χ2n) is 3.36. The molecule has 0 heterocycles. The molecule has 0 saturated heterocycles. The Labute approximate surface area is 95.8 Å². The number of halogens is 1. The molecule has 0 aliphatic carbocycles. The number of aromatic hydroxyl groups is 1. The summed E-state index contributed by atoms with van der Waals surface area (Å²) in [7, 11) is 0. The molecule has 0 unspecified atom stereocenters. The Morgan fingerprint density at radius 2 is 2.27 bits per heavy atom. The quantitative estimate of drug-likeness (QED) is 0.833. The van der Waals surface area contributed by atoms with Crippen LogP contribution in [0, 0.1) is 0 Å². The minimum absolute atomic E-state index is 0.316. The molecule has 0 bridgehead atoms. The predicted molar refractivity (Wildman–Crippen MR) is 64.1 cm³/mol. The number of hydrogen-bond donors (Lipinski definition) is 1. The molecule has 1 rings (SSSR count). The van der Waals surface area contributed by atoms with E-state index in [0.29, 0.717) is 5.75 Å². The third-order valence-corrected chi connectivity index (χ3v) is 2.39. The molecule has 2 nitrogen and oxygen atoms in total. The van der Waals surface area contributed by atoms with Crippen molar-refractivity contribution in [3.63, 3.8) is 0 Å². The van der Waals surface area contributed by atoms with Crippen molar-refractivity contribution in [1.29, 1.82) is 0 Å². The summed E-state index contributed by atoms with van der Waals surface area (Å²) < 4.78 is 0. The highest BCUT2D eigenvalue weighted by Crippen LogP contribution is 2.12. The van der Waals surface area contributed by atoms with Crippen molar-refractivity contribution in [2.24, 2.45) is 0 Å². The van der Waals surface area contributed by atoms with Gasteiger partial charge >= 0.3 is 0 Å². The number of benzene rings is 1. The van der Waals surface area contributed by atoms with Crippen LogP contribution in [0.15, 0.2) is 35.9 Å². The maximum Gasteiger partial charge on any atom is 0.115 e. The number of phenols is 1. The zero-order valence-electron chi connectivity index (χ0n) is 8.86. The summed E-state index contributed by atoms with van der Waals surface area (Å²) in [5, 5.41) is 9.32. The monoisotopic (exact) mass is 225 g/mol. The maximum absolute atomic E-state index is 9.32. The number of hydrogen-bond acceptors (Lipinski definition) is 2. The molecule has 1 N–H and O–H groups in total. The van der Waals surface area contributed by atoms with Gasteiger partial charge in [0.15, 0.2) is 0 Å². The maximum atomic E-state index is 9.32. The molecule has 0 aliphatic rings. The first-order valence-electron chi connectivity index (χ1n) is 5.01. The van der Waals surface area contributed by atoms with Crippen LogP contribution >= 0.6 is 11.6 Å². The zero-order valence-corrected chi connectivity index (χ0v) is 9.61. The van der Waals surface area contributed by atoms with Gasteiger partial charge in [-0.15, -0.1) is 0 Å². The van der Waals surface area contributed by atoms with Gasteiger partial charge in [0.2, 0.25) is 0 Å². The normalized spacial score (nSPS) is 11.4. The van der Waals surface area contributed by atoms with Crippen LogP contribution in [0.3, 0.4) is 0 Å². The second-order valence-corrected chi connectivity index (χ2v) is 3.61. The number of likely N-dealkylation sites (N-methyl/N-ethyl adjacent to an activating group) is 1. The fourth-order valence-electron chi connectivity index (χ4n) is 1.41. The van der Waals surface area contributed by atoms with Crippen LogP contribution in [0.1, 0.15) is 12.5 Å². The Balaban J connectivity index is 2.58. The van der Waals surface area contributed by atoms with E-state index in [0.717, 1.165) is 25.2 Å². The summed E-state index contributed by atoms with van der Waals surface area (Å²) in [5.41, 5.74) is 2.64. The molecule has 1 aromatic carbocycles. The molecule has 82 valence electrons. The van der Waals surface area contributed by atoms with Crippen molar-refractivity contribution in [3.8, 4) is 5.75 Å². The van der Waals surface area contributed by atoms with Gasteiger partial charge < -0.3 is 5.11 Å². The topological polar surface area (TPSA) is 23.5 Å². The molecule has 0 saturated carbocycles. The summed E-state index contributed by atoms with van der Waals surface area (Å²) in [5.74, 6) is 0.316. The average Bonchev–Trinajstić information content (AvgIpc) is 2.24. The zero-order chi connectivity index (χ0) is 11.1. The molecule has 0 amide bonds. The molecule has 0 spiro atoms. The Morgan fingerprint density at radius 3 is 2.87 bits per heavy atom.